The maximum Gasteiger partial charge on any atom is 0.133 e. The van der Waals surface area contributed by atoms with Gasteiger partial charge in [0.1, 0.15) is 17.7 Å². The Morgan fingerprint density at radius 1 is 1.13 bits per heavy atom. The highest BCUT2D eigenvalue weighted by Crippen LogP contribution is 2.25. The minimum atomic E-state index is -0.955. The van der Waals surface area contributed by atoms with E-state index < -0.39 is 6.17 Å². The Morgan fingerprint density at radius 2 is 1.80 bits per heavy atom. The quantitative estimate of drug-likeness (QED) is 0.606. The second-order valence-electron chi connectivity index (χ2n) is 8.21. The predicted octanol–water partition coefficient (Wildman–Crippen LogP) is 5.26. The van der Waals surface area contributed by atoms with Crippen LogP contribution in [0.4, 0.5) is 8.78 Å². The van der Waals surface area contributed by atoms with Gasteiger partial charge in [-0.2, -0.15) is 0 Å². The second-order valence-corrected chi connectivity index (χ2v) is 8.21. The first-order valence-electron chi connectivity index (χ1n) is 10.7. The second kappa shape index (κ2) is 10.6. The summed E-state index contributed by atoms with van der Waals surface area (Å²) in [7, 11) is 0. The molecule has 30 heavy (non-hydrogen) atoms. The lowest BCUT2D eigenvalue weighted by Crippen LogP contribution is -2.50. The molecule has 0 aromatic heterocycles. The topological polar surface area (TPSA) is 24.5 Å². The molecule has 3 nitrogen and oxygen atoms in total. The molecule has 0 amide bonds. The molecule has 1 fully saturated rings. The molecule has 5 heteroatoms. The van der Waals surface area contributed by atoms with Crippen molar-refractivity contribution in [2.24, 2.45) is 0 Å². The van der Waals surface area contributed by atoms with E-state index in [2.05, 4.69) is 28.9 Å². The van der Waals surface area contributed by atoms with E-state index in [4.69, 9.17) is 4.74 Å². The molecule has 0 saturated carbocycles. The number of piperidine rings is 1. The number of nitrogens with zero attached hydrogens (tertiary/aromatic N) is 1. The maximum atomic E-state index is 14.7. The van der Waals surface area contributed by atoms with Gasteiger partial charge in [-0.25, -0.2) is 8.78 Å². The van der Waals surface area contributed by atoms with Crippen LogP contribution >= 0.6 is 0 Å². The number of allylic oxidation sites excluding steroid dienone is 1. The van der Waals surface area contributed by atoms with Crippen molar-refractivity contribution in [3.8, 4) is 5.75 Å². The fourth-order valence-corrected chi connectivity index (χ4v) is 3.85. The number of ether oxygens (including phenoxy) is 1. The van der Waals surface area contributed by atoms with Crippen LogP contribution in [-0.4, -0.2) is 36.3 Å². The highest BCUT2D eigenvalue weighted by atomic mass is 19.1. The Kier molecular flexibility index (Phi) is 7.86. The molecular formula is C25H32F2N2O. The molecule has 3 rings (SSSR count). The van der Waals surface area contributed by atoms with Crippen molar-refractivity contribution in [1.29, 1.82) is 0 Å². The molecule has 1 N–H and O–H groups in total. The molecule has 0 bridgehead atoms. The van der Waals surface area contributed by atoms with Crippen molar-refractivity contribution in [2.75, 3.05) is 13.1 Å². The van der Waals surface area contributed by atoms with Gasteiger partial charge in [-0.3, -0.25) is 0 Å². The first-order chi connectivity index (χ1) is 14.4. The Labute approximate surface area is 178 Å². The summed E-state index contributed by atoms with van der Waals surface area (Å²) >= 11 is 0. The number of hydrogen-bond donors (Lipinski definition) is 1. The first-order valence-corrected chi connectivity index (χ1v) is 10.7. The molecule has 1 heterocycles. The normalized spacial score (nSPS) is 19.0. The zero-order chi connectivity index (χ0) is 21.5. The van der Waals surface area contributed by atoms with Crippen molar-refractivity contribution >= 4 is 0 Å². The van der Waals surface area contributed by atoms with Crippen molar-refractivity contribution in [2.45, 2.75) is 58.0 Å². The number of hydrogen-bond acceptors (Lipinski definition) is 3. The van der Waals surface area contributed by atoms with Crippen LogP contribution in [0.15, 0.2) is 60.8 Å². The molecule has 1 aliphatic heterocycles. The van der Waals surface area contributed by atoms with Crippen LogP contribution in [0, 0.1) is 5.82 Å². The highest BCUT2D eigenvalue weighted by molar-refractivity contribution is 5.28. The van der Waals surface area contributed by atoms with Gasteiger partial charge in [0.05, 0.1) is 12.1 Å². The molecular weight excluding hydrogens is 382 g/mol. The van der Waals surface area contributed by atoms with Gasteiger partial charge in [0, 0.05) is 18.8 Å². The summed E-state index contributed by atoms with van der Waals surface area (Å²) in [5, 5.41) is 3.11. The predicted molar refractivity (Wildman–Crippen MR) is 118 cm³/mol. The van der Waals surface area contributed by atoms with Gasteiger partial charge in [0.25, 0.3) is 0 Å². The first kappa shape index (κ1) is 22.3. The van der Waals surface area contributed by atoms with Crippen LogP contribution in [-0.2, 0) is 13.0 Å². The summed E-state index contributed by atoms with van der Waals surface area (Å²) < 4.78 is 33.7. The average molecular weight is 415 g/mol. The number of aryl methyl sites for hydroxylation is 1. The lowest BCUT2D eigenvalue weighted by Gasteiger charge is -2.39. The van der Waals surface area contributed by atoms with Crippen molar-refractivity contribution in [3.05, 3.63) is 77.8 Å². The lowest BCUT2D eigenvalue weighted by atomic mass is 9.99. The van der Waals surface area contributed by atoms with Crippen LogP contribution in [0.2, 0.25) is 0 Å². The molecule has 162 valence electrons. The zero-order valence-corrected chi connectivity index (χ0v) is 17.9. The maximum absolute atomic E-state index is 14.7. The van der Waals surface area contributed by atoms with E-state index in [1.54, 1.807) is 12.1 Å². The third-order valence-electron chi connectivity index (χ3n) is 5.44. The van der Waals surface area contributed by atoms with E-state index in [-0.39, 0.29) is 18.0 Å². The summed E-state index contributed by atoms with van der Waals surface area (Å²) in [6.45, 7) is 9.98. The third-order valence-corrected chi connectivity index (χ3v) is 5.44. The minimum absolute atomic E-state index is 0.147. The van der Waals surface area contributed by atoms with Crippen LogP contribution < -0.4 is 10.1 Å². The molecule has 1 saturated heterocycles. The fourth-order valence-electron chi connectivity index (χ4n) is 3.85. The summed E-state index contributed by atoms with van der Waals surface area (Å²) in [6, 6.07) is 14.3. The molecule has 0 aliphatic carbocycles. The largest absolute Gasteiger partial charge is 0.491 e. The van der Waals surface area contributed by atoms with Gasteiger partial charge in [0.2, 0.25) is 0 Å². The summed E-state index contributed by atoms with van der Waals surface area (Å²) in [5.74, 6) is 0.597. The Hall–Kier alpha value is -2.40. The van der Waals surface area contributed by atoms with E-state index >= 15 is 0 Å². The number of halogens is 2. The molecule has 2 aromatic rings. The standard InChI is InChI=1S/C25H32F2N2O/c1-18(2)30-23-12-8-20(9-13-23)5-4-19(3)29(25-14-15-28-16-24(25)27)17-21-6-10-22(26)11-7-21/h6-13,18,24-25,28H,3-5,14-17H2,1-2H3. The molecule has 0 radical (unpaired) electrons. The molecule has 1 aliphatic rings. The Morgan fingerprint density at radius 3 is 2.43 bits per heavy atom. The number of alkyl halides is 1. The van der Waals surface area contributed by atoms with Crippen molar-refractivity contribution in [1.82, 2.24) is 10.2 Å². The van der Waals surface area contributed by atoms with Gasteiger partial charge < -0.3 is 15.0 Å². The van der Waals surface area contributed by atoms with E-state index in [1.165, 1.54) is 17.7 Å². The zero-order valence-electron chi connectivity index (χ0n) is 17.9. The van der Waals surface area contributed by atoms with Gasteiger partial charge >= 0.3 is 0 Å². The van der Waals surface area contributed by atoms with Crippen molar-refractivity contribution in [3.63, 3.8) is 0 Å². The van der Waals surface area contributed by atoms with Crippen molar-refractivity contribution < 1.29 is 13.5 Å². The Bertz CT molecular complexity index is 805. The fraction of sp³-hybridized carbons (Fsp3) is 0.440. The van der Waals surface area contributed by atoms with E-state index in [0.29, 0.717) is 13.1 Å². The third kappa shape index (κ3) is 6.30. The monoisotopic (exact) mass is 414 g/mol. The lowest BCUT2D eigenvalue weighted by molar-refractivity contribution is 0.103. The van der Waals surface area contributed by atoms with Gasteiger partial charge in [0.15, 0.2) is 0 Å². The minimum Gasteiger partial charge on any atom is -0.491 e. The van der Waals surface area contributed by atoms with Crippen LogP contribution in [0.3, 0.4) is 0 Å². The SMILES string of the molecule is C=C(CCc1ccc(OC(C)C)cc1)N(Cc1ccc(F)cc1)C1CCNCC1F. The number of benzene rings is 2. The summed E-state index contributed by atoms with van der Waals surface area (Å²) in [5.41, 5.74) is 3.06. The van der Waals surface area contributed by atoms with Gasteiger partial charge in [-0.1, -0.05) is 30.8 Å². The van der Waals surface area contributed by atoms with Crippen LogP contribution in [0.5, 0.6) is 5.75 Å². The van der Waals surface area contributed by atoms with E-state index in [0.717, 1.165) is 42.8 Å². The number of nitrogens with one attached hydrogen (secondary N) is 1. The average Bonchev–Trinajstić information content (AvgIpc) is 2.73. The van der Waals surface area contributed by atoms with E-state index in [1.807, 2.05) is 26.0 Å². The molecule has 2 aromatic carbocycles. The van der Waals surface area contributed by atoms with Crippen LogP contribution in [0.25, 0.3) is 0 Å². The summed E-state index contributed by atoms with van der Waals surface area (Å²) in [6.07, 6.45) is 1.48. The molecule has 0 spiro atoms. The summed E-state index contributed by atoms with van der Waals surface area (Å²) in [4.78, 5) is 2.08. The molecule has 2 atom stereocenters. The number of rotatable bonds is 9. The molecule has 2 unspecified atom stereocenters. The smallest absolute Gasteiger partial charge is 0.133 e. The van der Waals surface area contributed by atoms with Crippen LogP contribution in [0.1, 0.15) is 37.8 Å². The van der Waals surface area contributed by atoms with Gasteiger partial charge in [-0.15, -0.1) is 0 Å². The van der Waals surface area contributed by atoms with E-state index in [9.17, 15) is 8.78 Å². The van der Waals surface area contributed by atoms with Gasteiger partial charge in [-0.05, 0) is 75.0 Å². The highest BCUT2D eigenvalue weighted by Gasteiger charge is 2.30. The Balaban J connectivity index is 1.67.